The Labute approximate surface area is 131 Å². The van der Waals surface area contributed by atoms with Gasteiger partial charge >= 0.3 is 0 Å². The van der Waals surface area contributed by atoms with Crippen LogP contribution in [-0.4, -0.2) is 30.4 Å². The fourth-order valence-corrected chi connectivity index (χ4v) is 3.68. The molecule has 2 fully saturated rings. The molecule has 1 aliphatic carbocycles. The molecule has 1 saturated carbocycles. The van der Waals surface area contributed by atoms with Crippen LogP contribution in [0, 0.1) is 11.3 Å². The van der Waals surface area contributed by atoms with E-state index in [0.717, 1.165) is 49.5 Å². The predicted molar refractivity (Wildman–Crippen MR) is 85.2 cm³/mol. The highest BCUT2D eigenvalue weighted by molar-refractivity contribution is 6.30. The van der Waals surface area contributed by atoms with E-state index in [0.29, 0.717) is 17.9 Å². The summed E-state index contributed by atoms with van der Waals surface area (Å²) in [6.07, 6.45) is 3.40. The molecule has 1 amide bonds. The number of nitrogens with zero attached hydrogens (tertiary/aromatic N) is 1. The van der Waals surface area contributed by atoms with Gasteiger partial charge in [0, 0.05) is 24.0 Å². The molecular weight excluding hydrogens is 284 g/mol. The molecule has 1 N–H and O–H groups in total. The van der Waals surface area contributed by atoms with Gasteiger partial charge in [-0.05, 0) is 62.4 Å². The topological polar surface area (TPSA) is 32.3 Å². The molecule has 2 aliphatic rings. The van der Waals surface area contributed by atoms with Crippen molar-refractivity contribution in [1.29, 1.82) is 0 Å². The van der Waals surface area contributed by atoms with Crippen molar-refractivity contribution in [3.05, 3.63) is 34.9 Å². The van der Waals surface area contributed by atoms with Crippen molar-refractivity contribution in [3.8, 4) is 0 Å². The number of hydrogen-bond acceptors (Lipinski definition) is 2. The fraction of sp³-hybridized carbons (Fsp3) is 0.588. The van der Waals surface area contributed by atoms with Gasteiger partial charge in [-0.25, -0.2) is 0 Å². The Bertz CT molecular complexity index is 508. The molecular formula is C17H23ClN2O. The first kappa shape index (κ1) is 14.9. The van der Waals surface area contributed by atoms with Crippen LogP contribution in [0.25, 0.3) is 0 Å². The van der Waals surface area contributed by atoms with Gasteiger partial charge in [0.15, 0.2) is 0 Å². The third-order valence-corrected chi connectivity index (χ3v) is 5.32. The fourth-order valence-electron chi connectivity index (χ4n) is 3.55. The Morgan fingerprint density at radius 1 is 1.33 bits per heavy atom. The van der Waals surface area contributed by atoms with Gasteiger partial charge in [-0.1, -0.05) is 23.7 Å². The second-order valence-corrected chi connectivity index (χ2v) is 6.78. The van der Waals surface area contributed by atoms with Crippen LogP contribution >= 0.6 is 11.6 Å². The van der Waals surface area contributed by atoms with Gasteiger partial charge in [0.1, 0.15) is 0 Å². The number of rotatable bonds is 4. The Morgan fingerprint density at radius 2 is 2.00 bits per heavy atom. The summed E-state index contributed by atoms with van der Waals surface area (Å²) < 4.78 is 0. The van der Waals surface area contributed by atoms with E-state index in [1.807, 2.05) is 29.2 Å². The zero-order valence-electron chi connectivity index (χ0n) is 12.6. The molecule has 4 heteroatoms. The molecule has 1 unspecified atom stereocenters. The van der Waals surface area contributed by atoms with Gasteiger partial charge in [-0.3, -0.25) is 4.79 Å². The lowest BCUT2D eigenvalue weighted by Gasteiger charge is -2.26. The highest BCUT2D eigenvalue weighted by Gasteiger charge is 2.58. The normalized spacial score (nSPS) is 23.0. The third kappa shape index (κ3) is 3.09. The number of halogens is 1. The molecule has 114 valence electrons. The average Bonchev–Trinajstić information content (AvgIpc) is 3.20. The van der Waals surface area contributed by atoms with Crippen LogP contribution in [0.15, 0.2) is 24.3 Å². The van der Waals surface area contributed by atoms with Crippen LogP contribution in [0.1, 0.15) is 31.7 Å². The number of carbonyl (C=O) groups is 1. The van der Waals surface area contributed by atoms with Crippen LogP contribution in [0.2, 0.25) is 5.02 Å². The number of carbonyl (C=O) groups excluding carboxylic acids is 1. The minimum Gasteiger partial charge on any atom is -0.338 e. The second-order valence-electron chi connectivity index (χ2n) is 6.35. The highest BCUT2D eigenvalue weighted by atomic mass is 35.5. The molecule has 1 aromatic rings. The molecule has 1 aromatic carbocycles. The minimum atomic E-state index is 0.256. The first-order valence-corrected chi connectivity index (χ1v) is 8.26. The van der Waals surface area contributed by atoms with Crippen LogP contribution in [0.4, 0.5) is 0 Å². The van der Waals surface area contributed by atoms with Crippen molar-refractivity contribution in [1.82, 2.24) is 10.2 Å². The number of hydrogen-bond donors (Lipinski definition) is 1. The summed E-state index contributed by atoms with van der Waals surface area (Å²) in [6.45, 7) is 5.65. The molecule has 3 nitrogen and oxygen atoms in total. The average molecular weight is 307 g/mol. The van der Waals surface area contributed by atoms with Crippen molar-refractivity contribution < 1.29 is 4.79 Å². The van der Waals surface area contributed by atoms with Crippen molar-refractivity contribution in [2.24, 2.45) is 11.3 Å². The smallest absolute Gasteiger partial charge is 0.226 e. The first-order chi connectivity index (χ1) is 10.1. The van der Waals surface area contributed by atoms with Crippen LogP contribution < -0.4 is 5.32 Å². The summed E-state index contributed by atoms with van der Waals surface area (Å²) in [5, 5.41) is 4.13. The lowest BCUT2D eigenvalue weighted by Crippen LogP contribution is -2.36. The lowest BCUT2D eigenvalue weighted by molar-refractivity contribution is -0.134. The van der Waals surface area contributed by atoms with E-state index >= 15 is 0 Å². The Morgan fingerprint density at radius 3 is 2.62 bits per heavy atom. The van der Waals surface area contributed by atoms with Gasteiger partial charge in [0.05, 0.1) is 0 Å². The first-order valence-electron chi connectivity index (χ1n) is 7.88. The van der Waals surface area contributed by atoms with E-state index in [-0.39, 0.29) is 5.92 Å². The maximum absolute atomic E-state index is 12.8. The van der Waals surface area contributed by atoms with Crippen molar-refractivity contribution in [2.75, 3.05) is 19.6 Å². The van der Waals surface area contributed by atoms with Gasteiger partial charge in [-0.15, -0.1) is 0 Å². The largest absolute Gasteiger partial charge is 0.338 e. The van der Waals surface area contributed by atoms with Crippen LogP contribution in [-0.2, 0) is 11.3 Å². The van der Waals surface area contributed by atoms with E-state index in [1.54, 1.807) is 0 Å². The second kappa shape index (κ2) is 5.98. The summed E-state index contributed by atoms with van der Waals surface area (Å²) in [4.78, 5) is 14.8. The minimum absolute atomic E-state index is 0.256. The zero-order chi connectivity index (χ0) is 14.9. The van der Waals surface area contributed by atoms with E-state index < -0.39 is 0 Å². The molecule has 1 heterocycles. The molecule has 0 bridgehead atoms. The lowest BCUT2D eigenvalue weighted by atomic mass is 9.91. The Hall–Kier alpha value is -1.06. The molecule has 1 atom stereocenters. The summed E-state index contributed by atoms with van der Waals surface area (Å²) in [7, 11) is 0. The van der Waals surface area contributed by atoms with E-state index in [9.17, 15) is 4.79 Å². The molecule has 0 radical (unpaired) electrons. The predicted octanol–water partition coefficient (Wildman–Crippen LogP) is 3.08. The number of benzene rings is 1. The Kier molecular flexibility index (Phi) is 4.23. The molecule has 0 aromatic heterocycles. The van der Waals surface area contributed by atoms with Crippen molar-refractivity contribution in [2.45, 2.75) is 32.7 Å². The molecule has 21 heavy (non-hydrogen) atoms. The Balaban J connectivity index is 1.63. The molecule has 1 saturated heterocycles. The zero-order valence-corrected chi connectivity index (χ0v) is 13.3. The number of amides is 1. The number of piperidine rings is 1. The quantitative estimate of drug-likeness (QED) is 0.927. The maximum atomic E-state index is 12.8. The van der Waals surface area contributed by atoms with Crippen LogP contribution in [0.3, 0.4) is 0 Å². The maximum Gasteiger partial charge on any atom is 0.226 e. The number of nitrogens with one attached hydrogen (secondary N) is 1. The third-order valence-electron chi connectivity index (χ3n) is 5.07. The van der Waals surface area contributed by atoms with E-state index in [4.69, 9.17) is 11.6 Å². The molecule has 1 spiro atoms. The molecule has 3 rings (SSSR count). The van der Waals surface area contributed by atoms with Crippen molar-refractivity contribution >= 4 is 17.5 Å². The van der Waals surface area contributed by atoms with Crippen molar-refractivity contribution in [3.63, 3.8) is 0 Å². The van der Waals surface area contributed by atoms with Gasteiger partial charge < -0.3 is 10.2 Å². The summed E-state index contributed by atoms with van der Waals surface area (Å²) in [5.41, 5.74) is 1.46. The summed E-state index contributed by atoms with van der Waals surface area (Å²) in [5.74, 6) is 0.598. The summed E-state index contributed by atoms with van der Waals surface area (Å²) >= 11 is 5.92. The summed E-state index contributed by atoms with van der Waals surface area (Å²) in [6, 6.07) is 7.79. The standard InChI is InChI=1S/C17H23ClN2O/c1-2-20(12-13-3-5-14(18)6-4-13)16(21)15-11-17(15)7-9-19-10-8-17/h3-6,15,19H,2,7-12H2,1H3. The highest BCUT2D eigenvalue weighted by Crippen LogP contribution is 2.59. The van der Waals surface area contributed by atoms with Gasteiger partial charge in [-0.2, -0.15) is 0 Å². The SMILES string of the molecule is CCN(Cc1ccc(Cl)cc1)C(=O)C1CC12CCNCC2. The van der Waals surface area contributed by atoms with E-state index in [2.05, 4.69) is 12.2 Å². The van der Waals surface area contributed by atoms with E-state index in [1.165, 1.54) is 0 Å². The molecule has 1 aliphatic heterocycles. The monoisotopic (exact) mass is 306 g/mol. The van der Waals surface area contributed by atoms with Gasteiger partial charge in [0.2, 0.25) is 5.91 Å². The van der Waals surface area contributed by atoms with Gasteiger partial charge in [0.25, 0.3) is 0 Å². The van der Waals surface area contributed by atoms with Crippen LogP contribution in [0.5, 0.6) is 0 Å².